The molecule has 3 heterocycles. The molecule has 2 atom stereocenters. The van der Waals surface area contributed by atoms with Gasteiger partial charge in [0.15, 0.2) is 14.2 Å². The summed E-state index contributed by atoms with van der Waals surface area (Å²) in [7, 11) is -3.86. The van der Waals surface area contributed by atoms with Gasteiger partial charge in [-0.15, -0.1) is 22.0 Å². The Morgan fingerprint density at radius 3 is 2.64 bits per heavy atom. The van der Waals surface area contributed by atoms with Crippen molar-refractivity contribution in [3.8, 4) is 0 Å². The lowest BCUT2D eigenvalue weighted by Gasteiger charge is -2.49. The molecule has 0 spiro atoms. The van der Waals surface area contributed by atoms with Gasteiger partial charge in [-0.05, 0) is 24.6 Å². The van der Waals surface area contributed by atoms with Gasteiger partial charge in [-0.3, -0.25) is 14.5 Å². The average molecular weight is 527 g/mol. The number of carboxylic acids is 1. The van der Waals surface area contributed by atoms with Gasteiger partial charge in [0, 0.05) is 11.5 Å². The van der Waals surface area contributed by atoms with E-state index in [2.05, 4.69) is 15.5 Å². The molecule has 2 aromatic rings. The van der Waals surface area contributed by atoms with Crippen LogP contribution < -0.4 is 5.32 Å². The number of hydrogen-bond donors (Lipinski definition) is 2. The van der Waals surface area contributed by atoms with Crippen molar-refractivity contribution in [1.82, 2.24) is 20.4 Å². The highest BCUT2D eigenvalue weighted by Crippen LogP contribution is 2.41. The Hall–Kier alpha value is -2.42. The minimum absolute atomic E-state index is 0.0117. The van der Waals surface area contributed by atoms with E-state index in [0.29, 0.717) is 21.4 Å². The number of hydrogen-bond acceptors (Lipinski definition) is 10. The molecule has 2 amide bonds. The summed E-state index contributed by atoms with van der Waals surface area (Å²) in [5.74, 6) is -2.73. The third-order valence-electron chi connectivity index (χ3n) is 4.87. The Balaban J connectivity index is 1.43. The number of amides is 2. The Kier molecular flexibility index (Phi) is 6.79. The topological polar surface area (TPSA) is 147 Å². The SMILES string of the molecule is Cc1nnc(SCC2=C(C(=O)O)N3C(=O)C(NC(=O)CS(=O)(=O)c4ccccc4)[C@@H]3SC2)s1. The van der Waals surface area contributed by atoms with Crippen molar-refractivity contribution >= 4 is 62.5 Å². The van der Waals surface area contributed by atoms with Crippen molar-refractivity contribution in [2.75, 3.05) is 17.3 Å². The van der Waals surface area contributed by atoms with Crippen LogP contribution in [0.5, 0.6) is 0 Å². The lowest BCUT2D eigenvalue weighted by Crippen LogP contribution is -2.70. The first-order valence-corrected chi connectivity index (χ1v) is 14.1. The summed E-state index contributed by atoms with van der Waals surface area (Å²) in [4.78, 5) is 38.2. The van der Waals surface area contributed by atoms with E-state index in [4.69, 9.17) is 0 Å². The van der Waals surface area contributed by atoms with E-state index in [-0.39, 0.29) is 10.6 Å². The maximum atomic E-state index is 12.7. The number of aromatic nitrogens is 2. The van der Waals surface area contributed by atoms with Crippen LogP contribution in [0.1, 0.15) is 5.01 Å². The van der Waals surface area contributed by atoms with Crippen LogP contribution in [-0.2, 0) is 24.2 Å². The minimum Gasteiger partial charge on any atom is -0.477 e. The van der Waals surface area contributed by atoms with Gasteiger partial charge in [-0.2, -0.15) is 0 Å². The number of nitrogens with one attached hydrogen (secondary N) is 1. The molecule has 0 bridgehead atoms. The second kappa shape index (κ2) is 9.44. The molecule has 33 heavy (non-hydrogen) atoms. The second-order valence-electron chi connectivity index (χ2n) is 7.16. The number of rotatable bonds is 8. The van der Waals surface area contributed by atoms with Gasteiger partial charge >= 0.3 is 5.97 Å². The van der Waals surface area contributed by atoms with Gasteiger partial charge in [0.1, 0.15) is 27.9 Å². The summed E-state index contributed by atoms with van der Waals surface area (Å²) in [5, 5.41) is 20.3. The third-order valence-corrected chi connectivity index (χ3v) is 9.90. The first-order valence-electron chi connectivity index (χ1n) is 9.57. The van der Waals surface area contributed by atoms with E-state index < -0.39 is 44.8 Å². The zero-order valence-corrected chi connectivity index (χ0v) is 20.4. The van der Waals surface area contributed by atoms with E-state index >= 15 is 0 Å². The van der Waals surface area contributed by atoms with Crippen LogP contribution in [0.4, 0.5) is 0 Å². The van der Waals surface area contributed by atoms with E-state index in [1.165, 1.54) is 47.0 Å². The number of nitrogens with zero attached hydrogens (tertiary/aromatic N) is 3. The number of carboxylic acid groups (broad SMARTS) is 1. The summed E-state index contributed by atoms with van der Waals surface area (Å²) in [6.45, 7) is 1.82. The highest BCUT2D eigenvalue weighted by Gasteiger charge is 2.54. The molecule has 0 saturated carbocycles. The van der Waals surface area contributed by atoms with E-state index in [0.717, 1.165) is 9.91 Å². The average Bonchev–Trinajstić information content (AvgIpc) is 3.20. The van der Waals surface area contributed by atoms with Gasteiger partial charge in [-0.1, -0.05) is 41.3 Å². The number of fused-ring (bicyclic) bond motifs is 1. The molecule has 1 unspecified atom stereocenters. The monoisotopic (exact) mass is 526 g/mol. The van der Waals surface area contributed by atoms with Crippen LogP contribution in [0.15, 0.2) is 50.8 Å². The summed E-state index contributed by atoms with van der Waals surface area (Å²) in [6.07, 6.45) is 0. The molecule has 14 heteroatoms. The highest BCUT2D eigenvalue weighted by atomic mass is 32.2. The van der Waals surface area contributed by atoms with E-state index in [1.54, 1.807) is 18.2 Å². The van der Waals surface area contributed by atoms with Gasteiger partial charge in [0.2, 0.25) is 5.91 Å². The predicted octanol–water partition coefficient (Wildman–Crippen LogP) is 1.15. The fourth-order valence-electron chi connectivity index (χ4n) is 3.38. The molecule has 1 aromatic carbocycles. The van der Waals surface area contributed by atoms with Gasteiger partial charge in [0.25, 0.3) is 5.91 Å². The van der Waals surface area contributed by atoms with Crippen molar-refractivity contribution in [2.24, 2.45) is 0 Å². The lowest BCUT2D eigenvalue weighted by molar-refractivity contribution is -0.150. The number of sulfone groups is 1. The summed E-state index contributed by atoms with van der Waals surface area (Å²) in [5.41, 5.74) is 0.478. The van der Waals surface area contributed by atoms with Gasteiger partial charge in [-0.25, -0.2) is 13.2 Å². The number of benzene rings is 1. The smallest absolute Gasteiger partial charge is 0.352 e. The quantitative estimate of drug-likeness (QED) is 0.379. The Morgan fingerprint density at radius 1 is 1.27 bits per heavy atom. The van der Waals surface area contributed by atoms with E-state index in [9.17, 15) is 27.9 Å². The zero-order chi connectivity index (χ0) is 23.8. The third kappa shape index (κ3) is 4.93. The van der Waals surface area contributed by atoms with Crippen LogP contribution in [-0.4, -0.2) is 75.1 Å². The van der Waals surface area contributed by atoms with Crippen LogP contribution >= 0.6 is 34.9 Å². The number of carbonyl (C=O) groups excluding carboxylic acids is 2. The fourth-order valence-corrected chi connectivity index (χ4v) is 7.85. The molecular weight excluding hydrogens is 508 g/mol. The maximum Gasteiger partial charge on any atom is 0.352 e. The molecule has 1 saturated heterocycles. The number of carbonyl (C=O) groups is 3. The molecule has 10 nitrogen and oxygen atoms in total. The van der Waals surface area contributed by atoms with Crippen molar-refractivity contribution in [1.29, 1.82) is 0 Å². The first kappa shape index (κ1) is 23.7. The van der Waals surface area contributed by atoms with Crippen molar-refractivity contribution < 1.29 is 27.9 Å². The standard InChI is InChI=1S/C19H18N4O6S4/c1-10-21-22-19(32-10)31-8-11-7-30-17-14(16(25)23(17)15(11)18(26)27)20-13(24)9-33(28,29)12-5-3-2-4-6-12/h2-6,14,17H,7-9H2,1H3,(H,20,24)(H,26,27)/t14?,17-/m0/s1. The number of aliphatic carboxylic acids is 1. The molecule has 1 aromatic heterocycles. The number of β-lactam (4-membered cyclic amide) rings is 1. The fraction of sp³-hybridized carbons (Fsp3) is 0.316. The molecule has 174 valence electrons. The summed E-state index contributed by atoms with van der Waals surface area (Å²) < 4.78 is 25.5. The largest absolute Gasteiger partial charge is 0.477 e. The van der Waals surface area contributed by atoms with Crippen LogP contribution in [0.25, 0.3) is 0 Å². The number of aryl methyl sites for hydroxylation is 1. The Morgan fingerprint density at radius 2 is 2.00 bits per heavy atom. The highest BCUT2D eigenvalue weighted by molar-refractivity contribution is 8.01. The van der Waals surface area contributed by atoms with Crippen molar-refractivity contribution in [3.05, 3.63) is 46.6 Å². The Labute approximate surface area is 201 Å². The molecule has 4 rings (SSSR count). The molecule has 0 radical (unpaired) electrons. The normalized spacial score (nSPS) is 20.3. The molecule has 1 fully saturated rings. The number of thioether (sulfide) groups is 2. The molecule has 2 N–H and O–H groups in total. The van der Waals surface area contributed by atoms with Crippen molar-refractivity contribution in [2.45, 2.75) is 27.6 Å². The summed E-state index contributed by atoms with van der Waals surface area (Å²) >= 11 is 4.07. The Bertz CT molecular complexity index is 1240. The first-order chi connectivity index (χ1) is 15.7. The molecular formula is C19H18N4O6S4. The van der Waals surface area contributed by atoms with Crippen LogP contribution in [0.2, 0.25) is 0 Å². The maximum absolute atomic E-state index is 12.7. The van der Waals surface area contributed by atoms with Crippen LogP contribution in [0, 0.1) is 6.92 Å². The second-order valence-corrected chi connectivity index (χ2v) is 12.7. The zero-order valence-electron chi connectivity index (χ0n) is 17.1. The molecule has 2 aliphatic heterocycles. The summed E-state index contributed by atoms with van der Waals surface area (Å²) in [6, 6.07) is 6.57. The van der Waals surface area contributed by atoms with Gasteiger partial charge in [0.05, 0.1) is 4.90 Å². The molecule has 2 aliphatic rings. The predicted molar refractivity (Wildman–Crippen MR) is 124 cm³/mol. The molecule has 0 aliphatic carbocycles. The minimum atomic E-state index is -3.86. The van der Waals surface area contributed by atoms with Crippen molar-refractivity contribution in [3.63, 3.8) is 0 Å². The van der Waals surface area contributed by atoms with E-state index in [1.807, 2.05) is 6.92 Å². The van der Waals surface area contributed by atoms with Crippen LogP contribution in [0.3, 0.4) is 0 Å². The van der Waals surface area contributed by atoms with Gasteiger partial charge < -0.3 is 10.4 Å². The lowest BCUT2D eigenvalue weighted by atomic mass is 10.0.